The molecule has 14 heavy (non-hydrogen) atoms. The Kier molecular flexibility index (Phi) is 4.35. The van der Waals surface area contributed by atoms with Gasteiger partial charge in [0.25, 0.3) is 0 Å². The molecule has 82 valence electrons. The maximum Gasteiger partial charge on any atom is 0.304 e. The number of likely N-dealkylation sites (N-methyl/N-ethyl adjacent to an activating group) is 1. The van der Waals surface area contributed by atoms with Crippen molar-refractivity contribution in [3.8, 4) is 0 Å². The summed E-state index contributed by atoms with van der Waals surface area (Å²) in [7, 11) is 2.00. The van der Waals surface area contributed by atoms with E-state index in [-0.39, 0.29) is 12.5 Å². The average Bonchev–Trinajstić information content (AvgIpc) is 2.65. The fourth-order valence-corrected chi connectivity index (χ4v) is 1.92. The van der Waals surface area contributed by atoms with Gasteiger partial charge in [0.05, 0.1) is 13.0 Å². The zero-order valence-corrected chi connectivity index (χ0v) is 8.90. The van der Waals surface area contributed by atoms with E-state index in [9.17, 15) is 4.79 Å². The van der Waals surface area contributed by atoms with Crippen molar-refractivity contribution in [3.63, 3.8) is 0 Å². The van der Waals surface area contributed by atoms with Crippen molar-refractivity contribution >= 4 is 5.97 Å². The predicted octanol–water partition coefficient (Wildman–Crippen LogP) is 0.960. The van der Waals surface area contributed by atoms with Crippen LogP contribution in [0.5, 0.6) is 0 Å². The highest BCUT2D eigenvalue weighted by molar-refractivity contribution is 5.67. The van der Waals surface area contributed by atoms with Crippen LogP contribution in [0.15, 0.2) is 0 Å². The Hall–Kier alpha value is -0.610. The van der Waals surface area contributed by atoms with E-state index < -0.39 is 5.97 Å². The zero-order chi connectivity index (χ0) is 10.6. The maximum atomic E-state index is 10.6. The Bertz CT molecular complexity index is 190. The van der Waals surface area contributed by atoms with Crippen LogP contribution in [0.3, 0.4) is 0 Å². The molecule has 1 aliphatic rings. The Morgan fingerprint density at radius 2 is 2.43 bits per heavy atom. The van der Waals surface area contributed by atoms with Crippen molar-refractivity contribution in [2.45, 2.75) is 38.3 Å². The Balaban J connectivity index is 2.45. The summed E-state index contributed by atoms with van der Waals surface area (Å²) in [6, 6.07) is 0.540. The lowest BCUT2D eigenvalue weighted by molar-refractivity contribution is -0.138. The summed E-state index contributed by atoms with van der Waals surface area (Å²) in [4.78, 5) is 12.8. The monoisotopic (exact) mass is 201 g/mol. The summed E-state index contributed by atoms with van der Waals surface area (Å²) in [5, 5.41) is 8.75. The van der Waals surface area contributed by atoms with Crippen LogP contribution in [-0.2, 0) is 9.53 Å². The molecule has 4 nitrogen and oxygen atoms in total. The molecule has 1 fully saturated rings. The van der Waals surface area contributed by atoms with Gasteiger partial charge < -0.3 is 9.84 Å². The fraction of sp³-hybridized carbons (Fsp3) is 0.900. The number of rotatable bonds is 5. The second kappa shape index (κ2) is 5.32. The smallest absolute Gasteiger partial charge is 0.304 e. The third-order valence-electron chi connectivity index (χ3n) is 2.94. The molecule has 0 bridgehead atoms. The summed E-state index contributed by atoms with van der Waals surface area (Å²) in [5.41, 5.74) is 0. The minimum absolute atomic E-state index is 0.138. The molecule has 4 heteroatoms. The van der Waals surface area contributed by atoms with Crippen LogP contribution in [0.4, 0.5) is 0 Å². The van der Waals surface area contributed by atoms with Crippen LogP contribution in [-0.4, -0.2) is 48.3 Å². The zero-order valence-electron chi connectivity index (χ0n) is 8.90. The Labute approximate surface area is 84.8 Å². The standard InChI is InChI=1S/C10H19NO3/c1-3-8(6-10(12)13)11(2)9-4-5-14-7-9/h8-9H,3-7H2,1-2H3,(H,12,13). The normalized spacial score (nSPS) is 24.1. The highest BCUT2D eigenvalue weighted by Gasteiger charge is 2.26. The van der Waals surface area contributed by atoms with E-state index in [2.05, 4.69) is 4.90 Å². The molecule has 0 spiro atoms. The molecule has 0 aromatic rings. The first-order valence-corrected chi connectivity index (χ1v) is 5.16. The minimum atomic E-state index is -0.720. The number of hydrogen-bond acceptors (Lipinski definition) is 3. The van der Waals surface area contributed by atoms with Gasteiger partial charge in [-0.15, -0.1) is 0 Å². The van der Waals surface area contributed by atoms with E-state index in [1.54, 1.807) is 0 Å². The molecule has 2 unspecified atom stereocenters. The van der Waals surface area contributed by atoms with Gasteiger partial charge in [-0.05, 0) is 19.9 Å². The highest BCUT2D eigenvalue weighted by Crippen LogP contribution is 2.17. The SMILES string of the molecule is CCC(CC(=O)O)N(C)C1CCOC1. The molecule has 0 saturated carbocycles. The second-order valence-electron chi connectivity index (χ2n) is 3.84. The molecule has 0 aromatic carbocycles. The molecule has 0 amide bonds. The summed E-state index contributed by atoms with van der Waals surface area (Å²) in [5.74, 6) is -0.720. The van der Waals surface area contributed by atoms with E-state index in [4.69, 9.17) is 9.84 Å². The number of aliphatic carboxylic acids is 1. The number of carboxylic acid groups (broad SMARTS) is 1. The molecule has 0 aliphatic carbocycles. The van der Waals surface area contributed by atoms with Gasteiger partial charge in [-0.25, -0.2) is 0 Å². The molecule has 1 aliphatic heterocycles. The van der Waals surface area contributed by atoms with Crippen LogP contribution >= 0.6 is 0 Å². The van der Waals surface area contributed by atoms with Crippen molar-refractivity contribution in [1.82, 2.24) is 4.90 Å². The predicted molar refractivity (Wildman–Crippen MR) is 53.3 cm³/mol. The van der Waals surface area contributed by atoms with E-state index in [0.717, 1.165) is 26.1 Å². The van der Waals surface area contributed by atoms with E-state index in [1.807, 2.05) is 14.0 Å². The number of nitrogens with zero attached hydrogens (tertiary/aromatic N) is 1. The van der Waals surface area contributed by atoms with E-state index >= 15 is 0 Å². The lowest BCUT2D eigenvalue weighted by atomic mass is 10.1. The first-order chi connectivity index (χ1) is 6.65. The van der Waals surface area contributed by atoms with Crippen molar-refractivity contribution in [3.05, 3.63) is 0 Å². The van der Waals surface area contributed by atoms with Gasteiger partial charge in [0.2, 0.25) is 0 Å². The number of ether oxygens (including phenoxy) is 1. The van der Waals surface area contributed by atoms with Gasteiger partial charge in [0.15, 0.2) is 0 Å². The van der Waals surface area contributed by atoms with Gasteiger partial charge in [-0.2, -0.15) is 0 Å². The lowest BCUT2D eigenvalue weighted by Crippen LogP contribution is -2.41. The summed E-state index contributed by atoms with van der Waals surface area (Å²) < 4.78 is 5.29. The quantitative estimate of drug-likeness (QED) is 0.719. The van der Waals surface area contributed by atoms with Crippen LogP contribution in [0.25, 0.3) is 0 Å². The molecule has 0 radical (unpaired) electrons. The second-order valence-corrected chi connectivity index (χ2v) is 3.84. The lowest BCUT2D eigenvalue weighted by Gasteiger charge is -2.30. The number of carboxylic acids is 1. The van der Waals surface area contributed by atoms with Crippen LogP contribution in [0.1, 0.15) is 26.2 Å². The van der Waals surface area contributed by atoms with Crippen molar-refractivity contribution in [2.75, 3.05) is 20.3 Å². The third kappa shape index (κ3) is 2.96. The minimum Gasteiger partial charge on any atom is -0.481 e. The molecule has 2 atom stereocenters. The van der Waals surface area contributed by atoms with Crippen LogP contribution in [0, 0.1) is 0 Å². The molecule has 0 aromatic heterocycles. The number of carbonyl (C=O) groups is 1. The van der Waals surface area contributed by atoms with Crippen molar-refractivity contribution in [2.24, 2.45) is 0 Å². The van der Waals surface area contributed by atoms with Crippen molar-refractivity contribution < 1.29 is 14.6 Å². The largest absolute Gasteiger partial charge is 0.481 e. The molecule has 1 N–H and O–H groups in total. The first-order valence-electron chi connectivity index (χ1n) is 5.16. The Morgan fingerprint density at radius 3 is 2.86 bits per heavy atom. The molecule has 1 saturated heterocycles. The van der Waals surface area contributed by atoms with Crippen LogP contribution < -0.4 is 0 Å². The van der Waals surface area contributed by atoms with Gasteiger partial charge in [-0.3, -0.25) is 9.69 Å². The van der Waals surface area contributed by atoms with E-state index in [0.29, 0.717) is 6.04 Å². The molecular formula is C10H19NO3. The maximum absolute atomic E-state index is 10.6. The molecule has 1 heterocycles. The summed E-state index contributed by atoms with van der Waals surface area (Å²) in [6.45, 7) is 3.57. The van der Waals surface area contributed by atoms with Gasteiger partial charge >= 0.3 is 5.97 Å². The molecular weight excluding hydrogens is 182 g/mol. The summed E-state index contributed by atoms with van der Waals surface area (Å²) in [6.07, 6.45) is 2.12. The van der Waals surface area contributed by atoms with Crippen LogP contribution in [0.2, 0.25) is 0 Å². The number of hydrogen-bond donors (Lipinski definition) is 1. The first kappa shape index (κ1) is 11.5. The van der Waals surface area contributed by atoms with Gasteiger partial charge in [-0.1, -0.05) is 6.92 Å². The van der Waals surface area contributed by atoms with E-state index in [1.165, 1.54) is 0 Å². The average molecular weight is 201 g/mol. The van der Waals surface area contributed by atoms with Gasteiger partial charge in [0.1, 0.15) is 0 Å². The summed E-state index contributed by atoms with van der Waals surface area (Å²) >= 11 is 0. The third-order valence-corrected chi connectivity index (χ3v) is 2.94. The van der Waals surface area contributed by atoms with Crippen molar-refractivity contribution in [1.29, 1.82) is 0 Å². The fourth-order valence-electron chi connectivity index (χ4n) is 1.92. The highest BCUT2D eigenvalue weighted by atomic mass is 16.5. The van der Waals surface area contributed by atoms with Gasteiger partial charge in [0, 0.05) is 18.7 Å². The molecule has 1 rings (SSSR count). The Morgan fingerprint density at radius 1 is 1.71 bits per heavy atom. The topological polar surface area (TPSA) is 49.8 Å².